The number of Topliss-reactive ketones (excluding diaryl/α,β-unsaturated/α-hetero) is 1. The molecule has 0 radical (unpaired) electrons. The smallest absolute Gasteiger partial charge is 0.303 e. The van der Waals surface area contributed by atoms with Crippen LogP contribution in [-0.2, 0) is 9.59 Å². The molecule has 4 rings (SSSR count). The van der Waals surface area contributed by atoms with Gasteiger partial charge < -0.3 is 10.2 Å². The Morgan fingerprint density at radius 3 is 2.56 bits per heavy atom. The predicted octanol–water partition coefficient (Wildman–Crippen LogP) is 3.66. The first-order valence-electron chi connectivity index (χ1n) is 10.2. The lowest BCUT2D eigenvalue weighted by atomic mass is 9.44. The number of carbonyl (C=O) groups is 2. The quantitative estimate of drug-likeness (QED) is 0.798. The highest BCUT2D eigenvalue weighted by Gasteiger charge is 2.62. The number of aliphatic hydroxyl groups is 1. The van der Waals surface area contributed by atoms with Gasteiger partial charge in [0.15, 0.2) is 0 Å². The Morgan fingerprint density at radius 2 is 1.84 bits per heavy atom. The maximum atomic E-state index is 12.5. The molecule has 0 amide bonds. The summed E-state index contributed by atoms with van der Waals surface area (Å²) in [5, 5.41) is 20.1. The number of rotatable bonds is 2. The van der Waals surface area contributed by atoms with Gasteiger partial charge in [-0.25, -0.2) is 0 Å². The van der Waals surface area contributed by atoms with Crippen LogP contribution >= 0.6 is 0 Å². The Bertz CT molecular complexity index is 586. The lowest BCUT2D eigenvalue weighted by Crippen LogP contribution is -2.57. The molecule has 0 heterocycles. The van der Waals surface area contributed by atoms with E-state index in [4.69, 9.17) is 5.11 Å². The fourth-order valence-electron chi connectivity index (χ4n) is 7.59. The van der Waals surface area contributed by atoms with E-state index < -0.39 is 5.97 Å². The zero-order chi connectivity index (χ0) is 18.0. The van der Waals surface area contributed by atoms with E-state index in [0.29, 0.717) is 23.5 Å². The fourth-order valence-corrected chi connectivity index (χ4v) is 7.59. The SMILES string of the molecule is C[C@]12CC[C@H](CC(=O)O)CC1[C@@H](O)C[C@@H]1[C@@H]2CC[C@]2(C)C(=O)CC[C@@H]12. The van der Waals surface area contributed by atoms with Crippen LogP contribution in [-0.4, -0.2) is 28.1 Å². The molecule has 4 fully saturated rings. The van der Waals surface area contributed by atoms with E-state index in [1.165, 1.54) is 0 Å². The van der Waals surface area contributed by atoms with Gasteiger partial charge >= 0.3 is 5.97 Å². The third kappa shape index (κ3) is 2.50. The highest BCUT2D eigenvalue weighted by Crippen LogP contribution is 2.66. The molecule has 4 aliphatic rings. The van der Waals surface area contributed by atoms with Crippen molar-refractivity contribution in [2.45, 2.75) is 77.7 Å². The van der Waals surface area contributed by atoms with Crippen molar-refractivity contribution >= 4 is 11.8 Å². The minimum absolute atomic E-state index is 0.115. The zero-order valence-electron chi connectivity index (χ0n) is 15.5. The molecule has 4 nitrogen and oxygen atoms in total. The third-order valence-corrected chi connectivity index (χ3v) is 8.96. The van der Waals surface area contributed by atoms with Gasteiger partial charge in [0.25, 0.3) is 0 Å². The molecule has 4 saturated carbocycles. The van der Waals surface area contributed by atoms with Crippen LogP contribution in [0.4, 0.5) is 0 Å². The number of carboxylic acid groups (broad SMARTS) is 1. The molecular weight excluding hydrogens is 316 g/mol. The third-order valence-electron chi connectivity index (χ3n) is 8.96. The summed E-state index contributed by atoms with van der Waals surface area (Å²) in [4.78, 5) is 23.6. The molecule has 0 aromatic heterocycles. The molecule has 4 heteroatoms. The van der Waals surface area contributed by atoms with Crippen LogP contribution in [0.15, 0.2) is 0 Å². The summed E-state index contributed by atoms with van der Waals surface area (Å²) < 4.78 is 0. The van der Waals surface area contributed by atoms with Crippen LogP contribution in [0.1, 0.15) is 71.6 Å². The number of aliphatic hydroxyl groups excluding tert-OH is 1. The van der Waals surface area contributed by atoms with Gasteiger partial charge in [0, 0.05) is 18.3 Å². The summed E-state index contributed by atoms with van der Waals surface area (Å²) in [5.74, 6) is 1.69. The summed E-state index contributed by atoms with van der Waals surface area (Å²) in [6.45, 7) is 4.53. The number of hydrogen-bond donors (Lipinski definition) is 2. The highest BCUT2D eigenvalue weighted by molar-refractivity contribution is 5.87. The van der Waals surface area contributed by atoms with Crippen molar-refractivity contribution in [2.24, 2.45) is 40.4 Å². The average molecular weight is 348 g/mol. The second kappa shape index (κ2) is 5.80. The molecule has 0 aliphatic heterocycles. The maximum Gasteiger partial charge on any atom is 0.303 e. The van der Waals surface area contributed by atoms with E-state index in [1.807, 2.05) is 0 Å². The summed E-state index contributed by atoms with van der Waals surface area (Å²) in [6.07, 6.45) is 7.42. The second-order valence-corrected chi connectivity index (χ2v) is 9.95. The molecule has 0 bridgehead atoms. The van der Waals surface area contributed by atoms with Crippen molar-refractivity contribution in [3.05, 3.63) is 0 Å². The van der Waals surface area contributed by atoms with E-state index in [2.05, 4.69) is 13.8 Å². The molecule has 0 spiro atoms. The van der Waals surface area contributed by atoms with Crippen molar-refractivity contribution in [3.8, 4) is 0 Å². The molecule has 25 heavy (non-hydrogen) atoms. The van der Waals surface area contributed by atoms with Gasteiger partial charge in [0.1, 0.15) is 5.78 Å². The van der Waals surface area contributed by atoms with Gasteiger partial charge in [-0.05, 0) is 80.0 Å². The Kier molecular flexibility index (Phi) is 4.06. The standard InChI is InChI=1S/C21H32O4/c1-20-7-5-12(10-19(24)25)9-16(20)17(22)11-13-14-3-4-18(23)21(14,2)8-6-15(13)20/h12-17,22H,3-11H2,1-2H3,(H,24,25)/t12-,13-,14-,15-,16?,17-,20+,21-/m0/s1. The predicted molar refractivity (Wildman–Crippen MR) is 93.9 cm³/mol. The van der Waals surface area contributed by atoms with Crippen molar-refractivity contribution in [3.63, 3.8) is 0 Å². The summed E-state index contributed by atoms with van der Waals surface area (Å²) in [5.41, 5.74) is -0.0328. The van der Waals surface area contributed by atoms with Crippen LogP contribution < -0.4 is 0 Å². The maximum absolute atomic E-state index is 12.5. The van der Waals surface area contributed by atoms with Crippen LogP contribution in [0, 0.1) is 40.4 Å². The number of fused-ring (bicyclic) bond motifs is 5. The van der Waals surface area contributed by atoms with Gasteiger partial charge in [-0.2, -0.15) is 0 Å². The largest absolute Gasteiger partial charge is 0.481 e. The fraction of sp³-hybridized carbons (Fsp3) is 0.905. The van der Waals surface area contributed by atoms with Crippen LogP contribution in [0.5, 0.6) is 0 Å². The Hall–Kier alpha value is -0.900. The van der Waals surface area contributed by atoms with Crippen molar-refractivity contribution in [1.29, 1.82) is 0 Å². The molecule has 1 unspecified atom stereocenters. The molecule has 0 aromatic rings. The number of hydrogen-bond acceptors (Lipinski definition) is 3. The normalized spacial score (nSPS) is 52.2. The Balaban J connectivity index is 1.59. The number of carboxylic acids is 1. The first-order valence-corrected chi connectivity index (χ1v) is 10.2. The molecule has 4 aliphatic carbocycles. The van der Waals surface area contributed by atoms with Crippen molar-refractivity contribution < 1.29 is 19.8 Å². The second-order valence-electron chi connectivity index (χ2n) is 9.95. The summed E-state index contributed by atoms with van der Waals surface area (Å²) in [6, 6.07) is 0. The van der Waals surface area contributed by atoms with E-state index in [1.54, 1.807) is 0 Å². The van der Waals surface area contributed by atoms with Crippen molar-refractivity contribution in [1.82, 2.24) is 0 Å². The number of ketones is 1. The average Bonchev–Trinajstić information content (AvgIpc) is 2.84. The molecule has 140 valence electrons. The van der Waals surface area contributed by atoms with Gasteiger partial charge in [0.2, 0.25) is 0 Å². The zero-order valence-corrected chi connectivity index (χ0v) is 15.5. The van der Waals surface area contributed by atoms with E-state index in [0.717, 1.165) is 51.4 Å². The Morgan fingerprint density at radius 1 is 1.08 bits per heavy atom. The summed E-state index contributed by atoms with van der Waals surface area (Å²) >= 11 is 0. The summed E-state index contributed by atoms with van der Waals surface area (Å²) in [7, 11) is 0. The topological polar surface area (TPSA) is 74.6 Å². The number of aliphatic carboxylic acids is 1. The van der Waals surface area contributed by atoms with Gasteiger partial charge in [-0.1, -0.05) is 13.8 Å². The van der Waals surface area contributed by atoms with Crippen molar-refractivity contribution in [2.75, 3.05) is 0 Å². The van der Waals surface area contributed by atoms with Crippen LogP contribution in [0.3, 0.4) is 0 Å². The minimum atomic E-state index is -0.713. The highest BCUT2D eigenvalue weighted by atomic mass is 16.4. The van der Waals surface area contributed by atoms with E-state index in [-0.39, 0.29) is 35.2 Å². The first-order chi connectivity index (χ1) is 11.8. The minimum Gasteiger partial charge on any atom is -0.481 e. The van der Waals surface area contributed by atoms with E-state index in [9.17, 15) is 14.7 Å². The number of carbonyl (C=O) groups excluding carboxylic acids is 1. The Labute approximate surface area is 150 Å². The van der Waals surface area contributed by atoms with Gasteiger partial charge in [-0.15, -0.1) is 0 Å². The van der Waals surface area contributed by atoms with Crippen LogP contribution in [0.2, 0.25) is 0 Å². The lowest BCUT2D eigenvalue weighted by molar-refractivity contribution is -0.166. The molecule has 8 atom stereocenters. The molecule has 0 saturated heterocycles. The first kappa shape index (κ1) is 17.5. The molecule has 0 aromatic carbocycles. The van der Waals surface area contributed by atoms with E-state index >= 15 is 0 Å². The lowest BCUT2D eigenvalue weighted by Gasteiger charge is -2.61. The molecular formula is C21H32O4. The molecule has 2 N–H and O–H groups in total. The monoisotopic (exact) mass is 348 g/mol. The van der Waals surface area contributed by atoms with Gasteiger partial charge in [0.05, 0.1) is 6.10 Å². The van der Waals surface area contributed by atoms with Crippen LogP contribution in [0.25, 0.3) is 0 Å². The van der Waals surface area contributed by atoms with Gasteiger partial charge in [-0.3, -0.25) is 9.59 Å².